The van der Waals surface area contributed by atoms with Gasteiger partial charge in [0.15, 0.2) is 5.84 Å². The maximum Gasteiger partial charge on any atom is 0.160 e. The van der Waals surface area contributed by atoms with Crippen molar-refractivity contribution < 1.29 is 0 Å². The molecule has 0 unspecified atom stereocenters. The molecule has 7 aromatic rings. The molecule has 0 saturated heterocycles. The van der Waals surface area contributed by atoms with Gasteiger partial charge in [0, 0.05) is 16.8 Å². The van der Waals surface area contributed by atoms with Gasteiger partial charge in [0.05, 0.1) is 5.70 Å². The molecule has 0 amide bonds. The van der Waals surface area contributed by atoms with Gasteiger partial charge in [-0.2, -0.15) is 0 Å². The van der Waals surface area contributed by atoms with E-state index >= 15 is 0 Å². The van der Waals surface area contributed by atoms with Gasteiger partial charge in [0.2, 0.25) is 0 Å². The lowest BCUT2D eigenvalue weighted by atomic mass is 9.79. The molecule has 0 aromatic heterocycles. The third-order valence-corrected chi connectivity index (χ3v) is 11.1. The number of fused-ring (bicyclic) bond motifs is 2. The predicted octanol–water partition coefficient (Wildman–Crippen LogP) is 14.5. The van der Waals surface area contributed by atoms with Crippen LogP contribution >= 0.6 is 0 Å². The lowest BCUT2D eigenvalue weighted by Gasteiger charge is -2.25. The molecule has 0 bridgehead atoms. The summed E-state index contributed by atoms with van der Waals surface area (Å²) >= 11 is 0. The Labute approximate surface area is 336 Å². The van der Waals surface area contributed by atoms with Gasteiger partial charge in [-0.05, 0) is 117 Å². The van der Waals surface area contributed by atoms with E-state index in [-0.39, 0.29) is 0 Å². The van der Waals surface area contributed by atoms with Crippen LogP contribution in [0.25, 0.3) is 61.5 Å². The second-order valence-corrected chi connectivity index (χ2v) is 14.8. The molecule has 0 heterocycles. The lowest BCUT2D eigenvalue weighted by Crippen LogP contribution is -2.06. The van der Waals surface area contributed by atoms with Crippen LogP contribution in [0.4, 0.5) is 0 Å². The molecular weight excluding hydrogens is 689 g/mol. The van der Waals surface area contributed by atoms with Crippen LogP contribution in [0.15, 0.2) is 199 Å². The van der Waals surface area contributed by atoms with Crippen molar-refractivity contribution in [3.63, 3.8) is 0 Å². The highest BCUT2D eigenvalue weighted by Crippen LogP contribution is 2.44. The molecule has 0 spiro atoms. The second kappa shape index (κ2) is 16.1. The summed E-state index contributed by atoms with van der Waals surface area (Å²) in [6.45, 7) is 6.56. The highest BCUT2D eigenvalue weighted by molar-refractivity contribution is 6.14. The lowest BCUT2D eigenvalue weighted by molar-refractivity contribution is 0.982. The van der Waals surface area contributed by atoms with Gasteiger partial charge in [-0.3, -0.25) is 0 Å². The van der Waals surface area contributed by atoms with Gasteiger partial charge < -0.3 is 0 Å². The average molecular weight is 733 g/mol. The number of rotatable bonds is 8. The van der Waals surface area contributed by atoms with Crippen LogP contribution in [-0.2, 0) is 6.42 Å². The molecule has 0 fully saturated rings. The number of hydrogen-bond acceptors (Lipinski definition) is 1. The largest absolute Gasteiger partial charge is 0.233 e. The van der Waals surface area contributed by atoms with E-state index in [2.05, 4.69) is 183 Å². The Morgan fingerprint density at radius 1 is 0.509 bits per heavy atom. The van der Waals surface area contributed by atoms with Crippen LogP contribution < -0.4 is 0 Å². The zero-order valence-corrected chi connectivity index (χ0v) is 32.3. The number of hydrogen-bond donors (Lipinski definition) is 0. The molecule has 2 nitrogen and oxygen atoms in total. The summed E-state index contributed by atoms with van der Waals surface area (Å²) in [6, 6.07) is 55.6. The van der Waals surface area contributed by atoms with Gasteiger partial charge in [0.1, 0.15) is 0 Å². The molecule has 0 saturated carbocycles. The summed E-state index contributed by atoms with van der Waals surface area (Å²) in [5.74, 6) is 0.627. The molecule has 0 atom stereocenters. The first-order chi connectivity index (χ1) is 28.1. The molecule has 2 aliphatic carbocycles. The van der Waals surface area contributed by atoms with Crippen LogP contribution in [0.1, 0.15) is 59.6 Å². The van der Waals surface area contributed by atoms with Crippen molar-refractivity contribution in [2.75, 3.05) is 0 Å². The minimum Gasteiger partial charge on any atom is -0.233 e. The molecule has 0 N–H and O–H groups in total. The zero-order chi connectivity index (χ0) is 38.6. The van der Waals surface area contributed by atoms with Gasteiger partial charge in [-0.25, -0.2) is 9.98 Å². The SMILES string of the molecule is C=C(/N=C(\N=C(/C)c1cccc(-c2c3c(c(C4=CCCC=C4)c4ccccc24)CCC=C3)c1)c1ccccc1)c1cccc(-c2ccccc2-c2ccccc2)c1. The third-order valence-electron chi connectivity index (χ3n) is 11.1. The Morgan fingerprint density at radius 2 is 1.11 bits per heavy atom. The van der Waals surface area contributed by atoms with E-state index in [4.69, 9.17) is 9.98 Å². The number of nitrogens with zero attached hydrogens (tertiary/aromatic N) is 2. The number of amidine groups is 1. The molecule has 9 rings (SSSR count). The second-order valence-electron chi connectivity index (χ2n) is 14.8. The van der Waals surface area contributed by atoms with E-state index in [0.29, 0.717) is 11.5 Å². The van der Waals surface area contributed by atoms with Gasteiger partial charge in [-0.1, -0.05) is 183 Å². The summed E-state index contributed by atoms with van der Waals surface area (Å²) in [7, 11) is 0. The zero-order valence-electron chi connectivity index (χ0n) is 32.3. The maximum atomic E-state index is 5.25. The standard InChI is InChI=1S/C55H44N2/c1-38(43-26-18-28-45(36-43)48-31-13-12-30-47(48)40-20-6-3-7-21-40)56-55(42-24-10-5-11-25-42)57-39(2)44-27-19-29-46(37-44)54-51-34-16-14-32-49(51)53(41-22-8-4-9-23-41)50-33-15-17-35-52(50)54/h3,5-8,10-14,16-32,34-37H,1,4,9,15,33H2,2H3/b56-55-,57-39+. The topological polar surface area (TPSA) is 24.7 Å². The fraction of sp³-hybridized carbons (Fsp3) is 0.0909. The van der Waals surface area contributed by atoms with Crippen LogP contribution in [0, 0.1) is 0 Å². The quantitative estimate of drug-likeness (QED) is 0.110. The fourth-order valence-electron chi connectivity index (χ4n) is 8.35. The van der Waals surface area contributed by atoms with E-state index in [1.54, 1.807) is 0 Å². The smallest absolute Gasteiger partial charge is 0.160 e. The Bertz CT molecular complexity index is 2790. The molecule has 2 aliphatic rings. The molecular formula is C55H44N2. The van der Waals surface area contributed by atoms with E-state index < -0.39 is 0 Å². The molecule has 2 heteroatoms. The van der Waals surface area contributed by atoms with Crippen molar-refractivity contribution in [1.29, 1.82) is 0 Å². The van der Waals surface area contributed by atoms with E-state index in [0.717, 1.165) is 53.6 Å². The first-order valence-electron chi connectivity index (χ1n) is 20.0. The molecule has 0 aliphatic heterocycles. The highest BCUT2D eigenvalue weighted by atomic mass is 14.9. The van der Waals surface area contributed by atoms with Gasteiger partial charge in [0.25, 0.3) is 0 Å². The monoisotopic (exact) mass is 732 g/mol. The predicted molar refractivity (Wildman–Crippen MR) is 245 cm³/mol. The Hall–Kier alpha value is -6.90. The van der Waals surface area contributed by atoms with E-state index in [9.17, 15) is 0 Å². The van der Waals surface area contributed by atoms with Crippen molar-refractivity contribution in [3.05, 3.63) is 222 Å². The maximum absolute atomic E-state index is 5.25. The molecule has 7 aromatic carbocycles. The van der Waals surface area contributed by atoms with E-state index in [1.165, 1.54) is 60.9 Å². The molecule has 57 heavy (non-hydrogen) atoms. The Kier molecular flexibility index (Phi) is 10.1. The highest BCUT2D eigenvalue weighted by Gasteiger charge is 2.22. The van der Waals surface area contributed by atoms with Crippen molar-refractivity contribution in [1.82, 2.24) is 0 Å². The summed E-state index contributed by atoms with van der Waals surface area (Å²) in [5.41, 5.74) is 17.2. The first-order valence-corrected chi connectivity index (χ1v) is 20.0. The van der Waals surface area contributed by atoms with Crippen molar-refractivity contribution >= 4 is 39.7 Å². The van der Waals surface area contributed by atoms with E-state index in [1.807, 2.05) is 18.2 Å². The van der Waals surface area contributed by atoms with Crippen LogP contribution in [0.3, 0.4) is 0 Å². The van der Waals surface area contributed by atoms with Crippen molar-refractivity contribution in [3.8, 4) is 33.4 Å². The van der Waals surface area contributed by atoms with Crippen molar-refractivity contribution in [2.45, 2.75) is 32.6 Å². The normalized spacial score (nSPS) is 14.0. The summed E-state index contributed by atoms with van der Waals surface area (Å²) in [6.07, 6.45) is 16.0. The summed E-state index contributed by atoms with van der Waals surface area (Å²) in [4.78, 5) is 10.4. The number of allylic oxidation sites excluding steroid dienone is 5. The Morgan fingerprint density at radius 3 is 1.86 bits per heavy atom. The third kappa shape index (κ3) is 7.31. The van der Waals surface area contributed by atoms with Crippen LogP contribution in [0.2, 0.25) is 0 Å². The minimum absolute atomic E-state index is 0.627. The Balaban J connectivity index is 1.11. The number of aliphatic imine (C=N–C) groups is 2. The molecule has 0 radical (unpaired) electrons. The van der Waals surface area contributed by atoms with Crippen LogP contribution in [0.5, 0.6) is 0 Å². The minimum atomic E-state index is 0.627. The summed E-state index contributed by atoms with van der Waals surface area (Å²) in [5, 5.41) is 2.60. The van der Waals surface area contributed by atoms with Crippen molar-refractivity contribution in [2.24, 2.45) is 9.98 Å². The van der Waals surface area contributed by atoms with Gasteiger partial charge >= 0.3 is 0 Å². The van der Waals surface area contributed by atoms with Crippen LogP contribution in [-0.4, -0.2) is 11.5 Å². The molecule has 274 valence electrons. The fourth-order valence-corrected chi connectivity index (χ4v) is 8.35. The first kappa shape index (κ1) is 35.8. The summed E-state index contributed by atoms with van der Waals surface area (Å²) < 4.78 is 0. The number of benzene rings is 7. The average Bonchev–Trinajstić information content (AvgIpc) is 3.28. The van der Waals surface area contributed by atoms with Gasteiger partial charge in [-0.15, -0.1) is 0 Å².